The van der Waals surface area contributed by atoms with Gasteiger partial charge in [-0.1, -0.05) is 23.2 Å². The highest BCUT2D eigenvalue weighted by Crippen LogP contribution is 2.32. The summed E-state index contributed by atoms with van der Waals surface area (Å²) in [6, 6.07) is 2.96. The molecule has 27 heavy (non-hydrogen) atoms. The SMILES string of the molecule is Cc1cc(S(=O)(=O)N2CCC(Oc3cncc(N(C)C)n3)C2)c(Cl)cc1Cl. The number of rotatable bonds is 5. The van der Waals surface area contributed by atoms with Crippen molar-refractivity contribution in [1.82, 2.24) is 14.3 Å². The molecule has 0 bridgehead atoms. The van der Waals surface area contributed by atoms with E-state index in [9.17, 15) is 8.42 Å². The summed E-state index contributed by atoms with van der Waals surface area (Å²) in [5.74, 6) is 1.03. The van der Waals surface area contributed by atoms with Gasteiger partial charge in [-0.2, -0.15) is 9.29 Å². The normalized spacial score (nSPS) is 17.9. The Morgan fingerprint density at radius 2 is 1.96 bits per heavy atom. The van der Waals surface area contributed by atoms with Gasteiger partial charge in [-0.15, -0.1) is 0 Å². The van der Waals surface area contributed by atoms with Crippen molar-refractivity contribution in [1.29, 1.82) is 0 Å². The maximum atomic E-state index is 13.0. The van der Waals surface area contributed by atoms with E-state index in [0.29, 0.717) is 35.2 Å². The van der Waals surface area contributed by atoms with Crippen LogP contribution in [0.25, 0.3) is 0 Å². The van der Waals surface area contributed by atoms with E-state index in [-0.39, 0.29) is 22.6 Å². The van der Waals surface area contributed by atoms with Crippen LogP contribution in [0.2, 0.25) is 10.0 Å². The zero-order valence-electron chi connectivity index (χ0n) is 15.2. The molecule has 2 aromatic rings. The van der Waals surface area contributed by atoms with Crippen LogP contribution < -0.4 is 9.64 Å². The Labute approximate surface area is 168 Å². The summed E-state index contributed by atoms with van der Waals surface area (Å²) in [4.78, 5) is 10.3. The monoisotopic (exact) mass is 430 g/mol. The number of benzene rings is 1. The number of aromatic nitrogens is 2. The zero-order valence-corrected chi connectivity index (χ0v) is 17.5. The van der Waals surface area contributed by atoms with E-state index in [0.717, 1.165) is 0 Å². The Bertz CT molecular complexity index is 953. The Morgan fingerprint density at radius 3 is 2.67 bits per heavy atom. The second kappa shape index (κ2) is 7.79. The maximum absolute atomic E-state index is 13.0. The number of anilines is 1. The first-order valence-corrected chi connectivity index (χ1v) is 10.5. The summed E-state index contributed by atoms with van der Waals surface area (Å²) in [6.07, 6.45) is 3.39. The van der Waals surface area contributed by atoms with Crippen LogP contribution in [0.1, 0.15) is 12.0 Å². The molecule has 0 aliphatic carbocycles. The van der Waals surface area contributed by atoms with Gasteiger partial charge >= 0.3 is 0 Å². The number of nitrogens with zero attached hydrogens (tertiary/aromatic N) is 4. The number of halogens is 2. The molecule has 2 heterocycles. The largest absolute Gasteiger partial charge is 0.472 e. The van der Waals surface area contributed by atoms with Crippen molar-refractivity contribution < 1.29 is 13.2 Å². The molecule has 1 saturated heterocycles. The molecule has 0 saturated carbocycles. The molecule has 3 rings (SSSR count). The van der Waals surface area contributed by atoms with Gasteiger partial charge in [0, 0.05) is 25.7 Å². The van der Waals surface area contributed by atoms with Crippen LogP contribution in [0.15, 0.2) is 29.4 Å². The molecule has 7 nitrogen and oxygen atoms in total. The average molecular weight is 431 g/mol. The molecule has 1 fully saturated rings. The van der Waals surface area contributed by atoms with Gasteiger partial charge in [-0.3, -0.25) is 4.98 Å². The van der Waals surface area contributed by atoms with Crippen LogP contribution in [-0.2, 0) is 10.0 Å². The molecule has 1 aromatic heterocycles. The fourth-order valence-electron chi connectivity index (χ4n) is 2.76. The number of aryl methyl sites for hydroxylation is 1. The molecule has 1 atom stereocenters. The van der Waals surface area contributed by atoms with Crippen molar-refractivity contribution >= 4 is 39.0 Å². The van der Waals surface area contributed by atoms with Gasteiger partial charge in [-0.25, -0.2) is 8.42 Å². The number of sulfonamides is 1. The van der Waals surface area contributed by atoms with Crippen LogP contribution in [0, 0.1) is 6.92 Å². The minimum absolute atomic E-state index is 0.0566. The Morgan fingerprint density at radius 1 is 1.22 bits per heavy atom. The molecule has 0 N–H and O–H groups in total. The van der Waals surface area contributed by atoms with Crippen LogP contribution in [0.3, 0.4) is 0 Å². The van der Waals surface area contributed by atoms with E-state index >= 15 is 0 Å². The second-order valence-corrected chi connectivity index (χ2v) is 9.25. The predicted molar refractivity (Wildman–Crippen MR) is 105 cm³/mol. The summed E-state index contributed by atoms with van der Waals surface area (Å²) in [5, 5.41) is 0.542. The minimum Gasteiger partial charge on any atom is -0.472 e. The molecular weight excluding hydrogens is 411 g/mol. The van der Waals surface area contributed by atoms with Crippen molar-refractivity contribution in [3.05, 3.63) is 40.1 Å². The summed E-state index contributed by atoms with van der Waals surface area (Å²) < 4.78 is 33.1. The van der Waals surface area contributed by atoms with Gasteiger partial charge in [0.25, 0.3) is 0 Å². The molecule has 0 radical (unpaired) electrons. The Hall–Kier alpha value is -1.61. The number of hydrogen-bond donors (Lipinski definition) is 0. The van der Waals surface area contributed by atoms with E-state index in [1.165, 1.54) is 22.6 Å². The summed E-state index contributed by atoms with van der Waals surface area (Å²) >= 11 is 12.1. The van der Waals surface area contributed by atoms with E-state index in [1.807, 2.05) is 19.0 Å². The smallest absolute Gasteiger partial charge is 0.244 e. The van der Waals surface area contributed by atoms with Gasteiger partial charge in [0.2, 0.25) is 15.9 Å². The fraction of sp³-hybridized carbons (Fsp3) is 0.412. The lowest BCUT2D eigenvalue weighted by Gasteiger charge is -2.19. The molecule has 1 aromatic carbocycles. The van der Waals surface area contributed by atoms with Crippen LogP contribution in [0.5, 0.6) is 5.88 Å². The van der Waals surface area contributed by atoms with Crippen LogP contribution in [-0.4, -0.2) is 56.0 Å². The van der Waals surface area contributed by atoms with Crippen molar-refractivity contribution in [3.8, 4) is 5.88 Å². The van der Waals surface area contributed by atoms with E-state index < -0.39 is 10.0 Å². The molecule has 1 aliphatic heterocycles. The fourth-order valence-corrected chi connectivity index (χ4v) is 5.05. The molecular formula is C17H20Cl2N4O3S. The summed E-state index contributed by atoms with van der Waals surface area (Å²) in [5.41, 5.74) is 0.655. The van der Waals surface area contributed by atoms with Crippen molar-refractivity contribution in [3.63, 3.8) is 0 Å². The third-order valence-electron chi connectivity index (χ3n) is 4.28. The maximum Gasteiger partial charge on any atom is 0.244 e. The summed E-state index contributed by atoms with van der Waals surface area (Å²) in [7, 11) is -0.0236. The third-order valence-corrected chi connectivity index (χ3v) is 7.02. The third kappa shape index (κ3) is 4.29. The molecule has 0 spiro atoms. The highest BCUT2D eigenvalue weighted by molar-refractivity contribution is 7.89. The Balaban J connectivity index is 1.76. The lowest BCUT2D eigenvalue weighted by Crippen LogP contribution is -2.31. The lowest BCUT2D eigenvalue weighted by atomic mass is 10.2. The molecule has 1 unspecified atom stereocenters. The predicted octanol–water partition coefficient (Wildman–Crippen LogP) is 3.00. The molecule has 1 aliphatic rings. The number of hydrogen-bond acceptors (Lipinski definition) is 6. The lowest BCUT2D eigenvalue weighted by molar-refractivity contribution is 0.206. The van der Waals surface area contributed by atoms with E-state index in [1.54, 1.807) is 13.1 Å². The molecule has 10 heteroatoms. The molecule has 146 valence electrons. The first kappa shape index (κ1) is 20.1. The van der Waals surface area contributed by atoms with Crippen molar-refractivity contribution in [2.75, 3.05) is 32.1 Å². The van der Waals surface area contributed by atoms with E-state index in [2.05, 4.69) is 9.97 Å². The second-order valence-electron chi connectivity index (χ2n) is 6.53. The summed E-state index contributed by atoms with van der Waals surface area (Å²) in [6.45, 7) is 2.30. The van der Waals surface area contributed by atoms with E-state index in [4.69, 9.17) is 27.9 Å². The topological polar surface area (TPSA) is 75.6 Å². The Kier molecular flexibility index (Phi) is 5.81. The first-order valence-electron chi connectivity index (χ1n) is 8.30. The quantitative estimate of drug-likeness (QED) is 0.725. The van der Waals surface area contributed by atoms with Crippen molar-refractivity contribution in [2.24, 2.45) is 0 Å². The number of ether oxygens (including phenoxy) is 1. The van der Waals surface area contributed by atoms with Crippen LogP contribution >= 0.6 is 23.2 Å². The van der Waals surface area contributed by atoms with Gasteiger partial charge in [0.15, 0.2) is 5.82 Å². The highest BCUT2D eigenvalue weighted by Gasteiger charge is 2.35. The van der Waals surface area contributed by atoms with Gasteiger partial charge < -0.3 is 9.64 Å². The van der Waals surface area contributed by atoms with Gasteiger partial charge in [0.05, 0.1) is 24.0 Å². The standard InChI is InChI=1S/C17H20Cl2N4O3S/c1-11-6-15(14(19)7-13(11)18)27(24,25)23-5-4-12(10-23)26-17-9-20-8-16(21-17)22(2)3/h6-9,12H,4-5,10H2,1-3H3. The van der Waals surface area contributed by atoms with Gasteiger partial charge in [0.1, 0.15) is 11.0 Å². The average Bonchev–Trinajstić information content (AvgIpc) is 3.07. The van der Waals surface area contributed by atoms with Crippen LogP contribution in [0.4, 0.5) is 5.82 Å². The van der Waals surface area contributed by atoms with Gasteiger partial charge in [-0.05, 0) is 31.0 Å². The molecule has 0 amide bonds. The zero-order chi connectivity index (χ0) is 19.8. The van der Waals surface area contributed by atoms with Crippen molar-refractivity contribution in [2.45, 2.75) is 24.3 Å². The minimum atomic E-state index is -3.74. The highest BCUT2D eigenvalue weighted by atomic mass is 35.5. The first-order chi connectivity index (χ1) is 12.7.